The number of hydrogen-bond donors (Lipinski definition) is 2. The summed E-state index contributed by atoms with van der Waals surface area (Å²) in [6, 6.07) is 5.78. The van der Waals surface area contributed by atoms with Gasteiger partial charge in [-0.05, 0) is 30.9 Å². The van der Waals surface area contributed by atoms with Crippen LogP contribution in [0.1, 0.15) is 26.7 Å². The van der Waals surface area contributed by atoms with Gasteiger partial charge in [-0.15, -0.1) is 24.0 Å². The number of piperidine rings is 1. The number of benzene rings is 1. The van der Waals surface area contributed by atoms with Crippen LogP contribution in [0.2, 0.25) is 0 Å². The summed E-state index contributed by atoms with van der Waals surface area (Å²) in [4.78, 5) is 6.39. The molecule has 1 fully saturated rings. The van der Waals surface area contributed by atoms with Gasteiger partial charge in [0, 0.05) is 39.3 Å². The largest absolute Gasteiger partial charge is 0.355 e. The van der Waals surface area contributed by atoms with Crippen molar-refractivity contribution in [2.24, 2.45) is 10.9 Å². The molecule has 0 spiro atoms. The number of nitrogens with one attached hydrogen (secondary N) is 2. The van der Waals surface area contributed by atoms with Crippen molar-refractivity contribution < 1.29 is 12.8 Å². The molecule has 9 heteroatoms. The lowest BCUT2D eigenvalue weighted by molar-refractivity contribution is 0.187. The van der Waals surface area contributed by atoms with E-state index in [4.69, 9.17) is 0 Å². The minimum Gasteiger partial charge on any atom is -0.355 e. The lowest BCUT2D eigenvalue weighted by Gasteiger charge is -2.33. The highest BCUT2D eigenvalue weighted by atomic mass is 127. The Balaban J connectivity index is 0.00000392. The lowest BCUT2D eigenvalue weighted by atomic mass is 10.0. The minimum atomic E-state index is -3.67. The quantitative estimate of drug-likeness (QED) is 0.325. The van der Waals surface area contributed by atoms with Gasteiger partial charge in [-0.25, -0.2) is 12.8 Å². The van der Waals surface area contributed by atoms with Gasteiger partial charge in [0.2, 0.25) is 0 Å². The molecule has 0 unspecified atom stereocenters. The van der Waals surface area contributed by atoms with E-state index in [1.54, 1.807) is 7.05 Å². The molecule has 0 amide bonds. The molecule has 28 heavy (non-hydrogen) atoms. The number of likely N-dealkylation sites (tertiary alicyclic amines) is 1. The summed E-state index contributed by atoms with van der Waals surface area (Å²) in [5.41, 5.74) is 0. The standard InChI is InChI=1S/C19H31FN4O2S.HI/c1-15(2)14-24-11-8-16(9-12-24)23-19(21-3)22-10-13-27(25,26)18-7-5-4-6-17(18)20;/h4-7,15-16H,8-14H2,1-3H3,(H2,21,22,23);1H. The highest BCUT2D eigenvalue weighted by Gasteiger charge is 2.21. The van der Waals surface area contributed by atoms with E-state index < -0.39 is 15.7 Å². The van der Waals surface area contributed by atoms with Gasteiger partial charge in [-0.2, -0.15) is 0 Å². The summed E-state index contributed by atoms with van der Waals surface area (Å²) in [7, 11) is -2.01. The number of hydrogen-bond acceptors (Lipinski definition) is 4. The highest BCUT2D eigenvalue weighted by molar-refractivity contribution is 14.0. The number of nitrogens with zero attached hydrogens (tertiary/aromatic N) is 2. The molecule has 1 aliphatic heterocycles. The molecular formula is C19H32FIN4O2S. The van der Waals surface area contributed by atoms with Crippen LogP contribution in [0.5, 0.6) is 0 Å². The lowest BCUT2D eigenvalue weighted by Crippen LogP contribution is -2.49. The van der Waals surface area contributed by atoms with Crippen molar-refractivity contribution in [2.75, 3.05) is 39.0 Å². The normalized spacial score (nSPS) is 16.7. The molecular weight excluding hydrogens is 494 g/mol. The summed E-state index contributed by atoms with van der Waals surface area (Å²) < 4.78 is 38.3. The Kier molecular flexibility index (Phi) is 10.7. The van der Waals surface area contributed by atoms with Gasteiger partial charge in [-0.1, -0.05) is 26.0 Å². The molecule has 2 rings (SSSR count). The summed E-state index contributed by atoms with van der Waals surface area (Å²) in [6.07, 6.45) is 2.06. The molecule has 0 bridgehead atoms. The first-order chi connectivity index (χ1) is 12.8. The van der Waals surface area contributed by atoms with Gasteiger partial charge in [-0.3, -0.25) is 4.99 Å². The first kappa shape index (κ1) is 25.1. The molecule has 1 saturated heterocycles. The summed E-state index contributed by atoms with van der Waals surface area (Å²) in [5, 5.41) is 6.39. The van der Waals surface area contributed by atoms with Gasteiger partial charge < -0.3 is 15.5 Å². The monoisotopic (exact) mass is 526 g/mol. The number of guanidine groups is 1. The summed E-state index contributed by atoms with van der Waals surface area (Å²) >= 11 is 0. The Morgan fingerprint density at radius 1 is 1.29 bits per heavy atom. The van der Waals surface area contributed by atoms with Gasteiger partial charge in [0.15, 0.2) is 15.8 Å². The van der Waals surface area contributed by atoms with Crippen LogP contribution in [0.3, 0.4) is 0 Å². The van der Waals surface area contributed by atoms with E-state index in [9.17, 15) is 12.8 Å². The molecule has 0 radical (unpaired) electrons. The number of sulfone groups is 1. The van der Waals surface area contributed by atoms with Crippen LogP contribution >= 0.6 is 24.0 Å². The number of aliphatic imine (C=N–C) groups is 1. The second-order valence-corrected chi connectivity index (χ2v) is 9.44. The van der Waals surface area contributed by atoms with E-state index in [1.165, 1.54) is 18.2 Å². The fourth-order valence-electron chi connectivity index (χ4n) is 3.27. The van der Waals surface area contributed by atoms with Crippen molar-refractivity contribution in [3.8, 4) is 0 Å². The van der Waals surface area contributed by atoms with E-state index >= 15 is 0 Å². The van der Waals surface area contributed by atoms with Crippen molar-refractivity contribution in [3.05, 3.63) is 30.1 Å². The van der Waals surface area contributed by atoms with Crippen LogP contribution in [0.4, 0.5) is 4.39 Å². The molecule has 0 aliphatic carbocycles. The molecule has 160 valence electrons. The molecule has 0 saturated carbocycles. The highest BCUT2D eigenvalue weighted by Crippen LogP contribution is 2.15. The molecule has 1 aromatic carbocycles. The maximum atomic E-state index is 13.7. The maximum Gasteiger partial charge on any atom is 0.191 e. The Labute approximate surface area is 185 Å². The smallest absolute Gasteiger partial charge is 0.191 e. The zero-order valence-electron chi connectivity index (χ0n) is 16.8. The molecule has 0 atom stereocenters. The zero-order chi connectivity index (χ0) is 19.9. The molecule has 2 N–H and O–H groups in total. The SMILES string of the molecule is CN=C(NCCS(=O)(=O)c1ccccc1F)NC1CCN(CC(C)C)CC1.I. The number of halogens is 2. The first-order valence-electron chi connectivity index (χ1n) is 9.48. The third-order valence-electron chi connectivity index (χ3n) is 4.61. The Morgan fingerprint density at radius 3 is 2.50 bits per heavy atom. The van der Waals surface area contributed by atoms with Crippen LogP contribution in [-0.2, 0) is 9.84 Å². The summed E-state index contributed by atoms with van der Waals surface area (Å²) in [6.45, 7) is 7.84. The predicted octanol–water partition coefficient (Wildman–Crippen LogP) is 2.50. The second kappa shape index (κ2) is 11.9. The van der Waals surface area contributed by atoms with Crippen molar-refractivity contribution in [1.29, 1.82) is 0 Å². The average molecular weight is 526 g/mol. The van der Waals surface area contributed by atoms with Gasteiger partial charge >= 0.3 is 0 Å². The van der Waals surface area contributed by atoms with Gasteiger partial charge in [0.05, 0.1) is 5.75 Å². The minimum absolute atomic E-state index is 0. The fraction of sp³-hybridized carbons (Fsp3) is 0.632. The molecule has 0 aromatic heterocycles. The van der Waals surface area contributed by atoms with E-state index in [0.29, 0.717) is 17.9 Å². The predicted molar refractivity (Wildman–Crippen MR) is 123 cm³/mol. The molecule has 1 aromatic rings. The van der Waals surface area contributed by atoms with E-state index in [-0.39, 0.29) is 41.2 Å². The van der Waals surface area contributed by atoms with E-state index in [0.717, 1.165) is 38.5 Å². The zero-order valence-corrected chi connectivity index (χ0v) is 20.0. The molecule has 1 heterocycles. The molecule has 6 nitrogen and oxygen atoms in total. The van der Waals surface area contributed by atoms with Crippen LogP contribution < -0.4 is 10.6 Å². The average Bonchev–Trinajstić information content (AvgIpc) is 2.62. The van der Waals surface area contributed by atoms with Crippen LogP contribution in [0.25, 0.3) is 0 Å². The Morgan fingerprint density at radius 2 is 1.93 bits per heavy atom. The Bertz CT molecular complexity index is 735. The van der Waals surface area contributed by atoms with E-state index in [2.05, 4.69) is 34.4 Å². The van der Waals surface area contributed by atoms with Crippen LogP contribution in [-0.4, -0.2) is 64.3 Å². The third-order valence-corrected chi connectivity index (χ3v) is 6.35. The van der Waals surface area contributed by atoms with Crippen LogP contribution in [0.15, 0.2) is 34.2 Å². The maximum absolute atomic E-state index is 13.7. The van der Waals surface area contributed by atoms with Crippen molar-refractivity contribution >= 4 is 39.8 Å². The fourth-order valence-corrected chi connectivity index (χ4v) is 4.52. The van der Waals surface area contributed by atoms with Gasteiger partial charge in [0.1, 0.15) is 10.7 Å². The Hall–Kier alpha value is -0.940. The number of rotatable bonds is 7. The second-order valence-electron chi connectivity index (χ2n) is 7.36. The van der Waals surface area contributed by atoms with Crippen molar-refractivity contribution in [2.45, 2.75) is 37.6 Å². The van der Waals surface area contributed by atoms with Gasteiger partial charge in [0.25, 0.3) is 0 Å². The van der Waals surface area contributed by atoms with Crippen molar-refractivity contribution in [1.82, 2.24) is 15.5 Å². The molecule has 1 aliphatic rings. The summed E-state index contributed by atoms with van der Waals surface area (Å²) in [5.74, 6) is 0.344. The topological polar surface area (TPSA) is 73.8 Å². The van der Waals surface area contributed by atoms with Crippen molar-refractivity contribution in [3.63, 3.8) is 0 Å². The first-order valence-corrected chi connectivity index (χ1v) is 11.1. The third kappa shape index (κ3) is 7.82. The van der Waals surface area contributed by atoms with Crippen LogP contribution in [0, 0.1) is 11.7 Å². The van der Waals surface area contributed by atoms with E-state index in [1.807, 2.05) is 0 Å².